The van der Waals surface area contributed by atoms with Crippen LogP contribution in [0.1, 0.15) is 21.5 Å². The lowest BCUT2D eigenvalue weighted by Gasteiger charge is -2.12. The summed E-state index contributed by atoms with van der Waals surface area (Å²) in [6, 6.07) is 21.0. The van der Waals surface area contributed by atoms with Crippen LogP contribution in [0.15, 0.2) is 85.3 Å². The largest absolute Gasteiger partial charge is 0.456 e. The van der Waals surface area contributed by atoms with Gasteiger partial charge in [-0.15, -0.1) is 0 Å². The molecule has 2 aromatic heterocycles. The molecule has 32 heavy (non-hydrogen) atoms. The molecule has 7 heteroatoms. The average Bonchev–Trinajstić information content (AvgIpc) is 2.82. The van der Waals surface area contributed by atoms with Crippen LogP contribution < -0.4 is 14.8 Å². The van der Waals surface area contributed by atoms with Crippen LogP contribution in [0.3, 0.4) is 0 Å². The number of anilines is 1. The van der Waals surface area contributed by atoms with Crippen LogP contribution in [0.5, 0.6) is 23.1 Å². The van der Waals surface area contributed by atoms with Crippen molar-refractivity contribution in [3.05, 3.63) is 102 Å². The number of carbonyl (C=O) groups excluding carboxylic acids is 1. The van der Waals surface area contributed by atoms with Gasteiger partial charge in [0, 0.05) is 23.6 Å². The first-order valence-corrected chi connectivity index (χ1v) is 9.75. The SMILES string of the molecule is Cc1cc(Oc2ncccc2C#N)ccc1NC(=O)c1ccc(Oc2cccnc2)cc1. The monoisotopic (exact) mass is 422 g/mol. The number of benzene rings is 2. The molecule has 1 amide bonds. The minimum atomic E-state index is -0.244. The average molecular weight is 422 g/mol. The Labute approximate surface area is 184 Å². The quantitative estimate of drug-likeness (QED) is 0.441. The predicted molar refractivity (Wildman–Crippen MR) is 119 cm³/mol. The smallest absolute Gasteiger partial charge is 0.255 e. The number of aryl methyl sites for hydroxylation is 1. The zero-order valence-electron chi connectivity index (χ0n) is 17.1. The summed E-state index contributed by atoms with van der Waals surface area (Å²) >= 11 is 0. The van der Waals surface area contributed by atoms with Gasteiger partial charge in [-0.25, -0.2) is 4.98 Å². The van der Waals surface area contributed by atoms with E-state index in [9.17, 15) is 4.79 Å². The van der Waals surface area contributed by atoms with Crippen LogP contribution in [-0.2, 0) is 0 Å². The normalized spacial score (nSPS) is 10.1. The molecule has 0 saturated heterocycles. The van der Waals surface area contributed by atoms with Gasteiger partial charge in [0.1, 0.15) is 28.9 Å². The number of pyridine rings is 2. The van der Waals surface area contributed by atoms with Gasteiger partial charge >= 0.3 is 0 Å². The number of hydrogen-bond donors (Lipinski definition) is 1. The fourth-order valence-corrected chi connectivity index (χ4v) is 2.92. The molecule has 2 heterocycles. The highest BCUT2D eigenvalue weighted by Crippen LogP contribution is 2.27. The van der Waals surface area contributed by atoms with E-state index in [1.165, 1.54) is 0 Å². The lowest BCUT2D eigenvalue weighted by molar-refractivity contribution is 0.102. The molecule has 0 aliphatic rings. The number of aromatic nitrogens is 2. The third-order valence-electron chi connectivity index (χ3n) is 4.54. The molecule has 0 aliphatic carbocycles. The van der Waals surface area contributed by atoms with Crippen LogP contribution in [-0.4, -0.2) is 15.9 Å². The molecule has 2 aromatic carbocycles. The van der Waals surface area contributed by atoms with Gasteiger partial charge < -0.3 is 14.8 Å². The highest BCUT2D eigenvalue weighted by molar-refractivity contribution is 6.04. The summed E-state index contributed by atoms with van der Waals surface area (Å²) in [7, 11) is 0. The zero-order valence-corrected chi connectivity index (χ0v) is 17.1. The van der Waals surface area contributed by atoms with E-state index in [4.69, 9.17) is 14.7 Å². The summed E-state index contributed by atoms with van der Waals surface area (Å²) in [6.45, 7) is 1.86. The summed E-state index contributed by atoms with van der Waals surface area (Å²) in [5.41, 5.74) is 2.30. The van der Waals surface area contributed by atoms with E-state index >= 15 is 0 Å². The van der Waals surface area contributed by atoms with Gasteiger partial charge in [-0.3, -0.25) is 9.78 Å². The molecule has 4 rings (SSSR count). The number of rotatable bonds is 6. The van der Waals surface area contributed by atoms with Crippen molar-refractivity contribution in [1.29, 1.82) is 5.26 Å². The van der Waals surface area contributed by atoms with Crippen molar-refractivity contribution in [2.45, 2.75) is 6.92 Å². The van der Waals surface area contributed by atoms with Crippen LogP contribution in [0, 0.1) is 18.3 Å². The third-order valence-corrected chi connectivity index (χ3v) is 4.54. The fraction of sp³-hybridized carbons (Fsp3) is 0.0400. The van der Waals surface area contributed by atoms with E-state index in [-0.39, 0.29) is 11.8 Å². The first kappa shape index (κ1) is 20.6. The third kappa shape index (κ3) is 4.89. The Morgan fingerprint density at radius 2 is 1.72 bits per heavy atom. The van der Waals surface area contributed by atoms with Crippen molar-refractivity contribution in [2.24, 2.45) is 0 Å². The van der Waals surface area contributed by atoms with Gasteiger partial charge in [0.15, 0.2) is 0 Å². The summed E-state index contributed by atoms with van der Waals surface area (Å²) < 4.78 is 11.4. The van der Waals surface area contributed by atoms with E-state index in [2.05, 4.69) is 15.3 Å². The molecule has 7 nitrogen and oxygen atoms in total. The standard InChI is InChI=1S/C25H18N4O3/c1-17-14-21(32-25-19(15-26)4-2-13-28-25)10-11-23(17)29-24(30)18-6-8-20(9-7-18)31-22-5-3-12-27-16-22/h2-14,16H,1H3,(H,29,30). The zero-order chi connectivity index (χ0) is 22.3. The van der Waals surface area contributed by atoms with Crippen molar-refractivity contribution >= 4 is 11.6 Å². The molecule has 0 spiro atoms. The summed E-state index contributed by atoms with van der Waals surface area (Å²) in [6.07, 6.45) is 4.85. The second-order valence-electron chi connectivity index (χ2n) is 6.82. The van der Waals surface area contributed by atoms with Gasteiger partial charge in [0.25, 0.3) is 5.91 Å². The maximum atomic E-state index is 12.7. The maximum absolute atomic E-state index is 12.7. The second kappa shape index (κ2) is 9.41. The number of carbonyl (C=O) groups is 1. The molecule has 0 saturated carbocycles. The number of nitrogens with one attached hydrogen (secondary N) is 1. The van der Waals surface area contributed by atoms with Crippen LogP contribution in [0.25, 0.3) is 0 Å². The molecular weight excluding hydrogens is 404 g/mol. The number of amides is 1. The van der Waals surface area contributed by atoms with Crippen LogP contribution >= 0.6 is 0 Å². The molecule has 0 unspecified atom stereocenters. The van der Waals surface area contributed by atoms with E-state index in [1.54, 1.807) is 85.3 Å². The number of ether oxygens (including phenoxy) is 2. The Hall–Kier alpha value is -4.70. The molecular formula is C25H18N4O3. The van der Waals surface area contributed by atoms with E-state index in [1.807, 2.05) is 13.0 Å². The summed E-state index contributed by atoms with van der Waals surface area (Å²) in [5, 5.41) is 12.1. The van der Waals surface area contributed by atoms with Crippen molar-refractivity contribution < 1.29 is 14.3 Å². The Morgan fingerprint density at radius 3 is 2.44 bits per heavy atom. The first-order valence-electron chi connectivity index (χ1n) is 9.75. The van der Waals surface area contributed by atoms with Crippen molar-refractivity contribution in [1.82, 2.24) is 9.97 Å². The minimum absolute atomic E-state index is 0.236. The molecule has 4 aromatic rings. The van der Waals surface area contributed by atoms with Gasteiger partial charge in [-0.05, 0) is 79.2 Å². The molecule has 0 radical (unpaired) electrons. The summed E-state index contributed by atoms with van der Waals surface area (Å²) in [5.74, 6) is 1.74. The van der Waals surface area contributed by atoms with Gasteiger partial charge in [0.2, 0.25) is 5.88 Å². The second-order valence-corrected chi connectivity index (χ2v) is 6.82. The molecule has 0 atom stereocenters. The number of hydrogen-bond acceptors (Lipinski definition) is 6. The van der Waals surface area contributed by atoms with Gasteiger partial charge in [0.05, 0.1) is 6.20 Å². The van der Waals surface area contributed by atoms with Crippen molar-refractivity contribution in [3.8, 4) is 29.2 Å². The van der Waals surface area contributed by atoms with Crippen molar-refractivity contribution in [3.63, 3.8) is 0 Å². The predicted octanol–water partition coefficient (Wildman–Crippen LogP) is 5.49. The Bertz CT molecular complexity index is 1280. The molecule has 0 bridgehead atoms. The fourth-order valence-electron chi connectivity index (χ4n) is 2.92. The number of nitrogens with zero attached hydrogens (tertiary/aromatic N) is 3. The maximum Gasteiger partial charge on any atom is 0.255 e. The van der Waals surface area contributed by atoms with Gasteiger partial charge in [-0.2, -0.15) is 5.26 Å². The lowest BCUT2D eigenvalue weighted by atomic mass is 10.1. The van der Waals surface area contributed by atoms with E-state index in [0.717, 1.165) is 5.56 Å². The van der Waals surface area contributed by atoms with Crippen LogP contribution in [0.4, 0.5) is 5.69 Å². The van der Waals surface area contributed by atoms with Crippen LogP contribution in [0.2, 0.25) is 0 Å². The highest BCUT2D eigenvalue weighted by atomic mass is 16.5. The van der Waals surface area contributed by atoms with E-state index in [0.29, 0.717) is 34.1 Å². The Kier molecular flexibility index (Phi) is 6.05. The Morgan fingerprint density at radius 1 is 0.938 bits per heavy atom. The first-order chi connectivity index (χ1) is 15.6. The number of nitriles is 1. The van der Waals surface area contributed by atoms with Crippen molar-refractivity contribution in [2.75, 3.05) is 5.32 Å². The minimum Gasteiger partial charge on any atom is -0.456 e. The molecule has 156 valence electrons. The molecule has 0 fully saturated rings. The lowest BCUT2D eigenvalue weighted by Crippen LogP contribution is -2.12. The van der Waals surface area contributed by atoms with Gasteiger partial charge in [-0.1, -0.05) is 0 Å². The molecule has 0 aliphatic heterocycles. The highest BCUT2D eigenvalue weighted by Gasteiger charge is 2.11. The molecule has 1 N–H and O–H groups in total. The van der Waals surface area contributed by atoms with E-state index < -0.39 is 0 Å². The Balaban J connectivity index is 1.42. The topological polar surface area (TPSA) is 97.1 Å². The summed E-state index contributed by atoms with van der Waals surface area (Å²) in [4.78, 5) is 20.8.